The van der Waals surface area contributed by atoms with E-state index in [-0.39, 0.29) is 0 Å². The van der Waals surface area contributed by atoms with Crippen molar-refractivity contribution in [2.45, 2.75) is 58.0 Å². The van der Waals surface area contributed by atoms with Gasteiger partial charge in [-0.05, 0) is 38.5 Å². The van der Waals surface area contributed by atoms with Crippen LogP contribution in [0.3, 0.4) is 0 Å². The monoisotopic (exact) mass is 210 g/mol. The van der Waals surface area contributed by atoms with Gasteiger partial charge in [-0.2, -0.15) is 0 Å². The molecule has 2 fully saturated rings. The quantitative estimate of drug-likeness (QED) is 0.723. The number of rotatable bonds is 6. The van der Waals surface area contributed by atoms with Crippen LogP contribution in [0.5, 0.6) is 0 Å². The van der Waals surface area contributed by atoms with E-state index >= 15 is 0 Å². The number of likely N-dealkylation sites (tertiary alicyclic amines) is 1. The lowest BCUT2D eigenvalue weighted by Gasteiger charge is -2.27. The summed E-state index contributed by atoms with van der Waals surface area (Å²) in [6.45, 7) is 8.41. The molecule has 1 N–H and O–H groups in total. The van der Waals surface area contributed by atoms with E-state index in [9.17, 15) is 0 Å². The Bertz CT molecular complexity index is 193. The Kier molecular flexibility index (Phi) is 4.04. The summed E-state index contributed by atoms with van der Waals surface area (Å²) >= 11 is 0. The van der Waals surface area contributed by atoms with Gasteiger partial charge in [0.05, 0.1) is 0 Å². The Morgan fingerprint density at radius 2 is 2.27 bits per heavy atom. The van der Waals surface area contributed by atoms with Crippen molar-refractivity contribution in [3.05, 3.63) is 0 Å². The molecule has 0 aromatic rings. The van der Waals surface area contributed by atoms with E-state index in [0.717, 1.165) is 12.0 Å². The van der Waals surface area contributed by atoms with Crippen molar-refractivity contribution >= 4 is 0 Å². The van der Waals surface area contributed by atoms with Crippen LogP contribution >= 0.6 is 0 Å². The molecule has 0 aromatic carbocycles. The van der Waals surface area contributed by atoms with E-state index in [1.54, 1.807) is 0 Å². The molecule has 0 spiro atoms. The summed E-state index contributed by atoms with van der Waals surface area (Å²) in [5.74, 6) is 1.04. The van der Waals surface area contributed by atoms with Crippen LogP contribution in [0.4, 0.5) is 0 Å². The molecule has 0 radical (unpaired) electrons. The fourth-order valence-electron chi connectivity index (χ4n) is 3.29. The second-order valence-electron chi connectivity index (χ2n) is 5.47. The Morgan fingerprint density at radius 3 is 2.87 bits per heavy atom. The largest absolute Gasteiger partial charge is 0.313 e. The lowest BCUT2D eigenvalue weighted by atomic mass is 10.1. The van der Waals surface area contributed by atoms with Crippen LogP contribution < -0.4 is 5.32 Å². The number of nitrogens with zero attached hydrogens (tertiary/aromatic N) is 1. The maximum absolute atomic E-state index is 3.63. The lowest BCUT2D eigenvalue weighted by Crippen LogP contribution is -2.39. The molecule has 2 aliphatic rings. The van der Waals surface area contributed by atoms with Gasteiger partial charge < -0.3 is 5.32 Å². The first-order valence-electron chi connectivity index (χ1n) is 6.77. The Morgan fingerprint density at radius 1 is 1.40 bits per heavy atom. The average Bonchev–Trinajstić information content (AvgIpc) is 2.79. The summed E-state index contributed by atoms with van der Waals surface area (Å²) in [5, 5.41) is 3.63. The van der Waals surface area contributed by atoms with Crippen molar-refractivity contribution in [1.29, 1.82) is 0 Å². The van der Waals surface area contributed by atoms with Crippen molar-refractivity contribution in [2.24, 2.45) is 5.92 Å². The predicted molar refractivity (Wildman–Crippen MR) is 65.1 cm³/mol. The van der Waals surface area contributed by atoms with Crippen molar-refractivity contribution < 1.29 is 0 Å². The molecule has 1 aliphatic heterocycles. The average molecular weight is 210 g/mol. The number of hydrogen-bond acceptors (Lipinski definition) is 2. The third-order valence-corrected chi connectivity index (χ3v) is 4.14. The van der Waals surface area contributed by atoms with Crippen LogP contribution in [-0.4, -0.2) is 36.6 Å². The van der Waals surface area contributed by atoms with E-state index in [4.69, 9.17) is 0 Å². The lowest BCUT2D eigenvalue weighted by molar-refractivity contribution is 0.211. The van der Waals surface area contributed by atoms with Gasteiger partial charge in [0.1, 0.15) is 0 Å². The molecule has 1 heterocycles. The molecule has 2 nitrogen and oxygen atoms in total. The molecular weight excluding hydrogens is 184 g/mol. The molecule has 1 aliphatic carbocycles. The van der Waals surface area contributed by atoms with Crippen LogP contribution in [0.1, 0.15) is 46.0 Å². The maximum Gasteiger partial charge on any atom is 0.0110 e. The third kappa shape index (κ3) is 2.94. The van der Waals surface area contributed by atoms with Gasteiger partial charge in [0.2, 0.25) is 0 Å². The van der Waals surface area contributed by atoms with Gasteiger partial charge in [0, 0.05) is 31.7 Å². The van der Waals surface area contributed by atoms with Crippen LogP contribution in [0.15, 0.2) is 0 Å². The van der Waals surface area contributed by atoms with Crippen molar-refractivity contribution in [3.8, 4) is 0 Å². The molecule has 1 saturated heterocycles. The van der Waals surface area contributed by atoms with Crippen LogP contribution in [0.2, 0.25) is 0 Å². The number of fused-ring (bicyclic) bond motifs is 2. The van der Waals surface area contributed by atoms with Gasteiger partial charge in [0.25, 0.3) is 0 Å². The molecule has 3 unspecified atom stereocenters. The first-order valence-corrected chi connectivity index (χ1v) is 6.77. The van der Waals surface area contributed by atoms with E-state index in [1.807, 2.05) is 0 Å². The second-order valence-corrected chi connectivity index (χ2v) is 5.47. The first-order chi connectivity index (χ1) is 7.29. The highest BCUT2D eigenvalue weighted by molar-refractivity contribution is 4.92. The van der Waals surface area contributed by atoms with Gasteiger partial charge >= 0.3 is 0 Å². The molecule has 2 bridgehead atoms. The van der Waals surface area contributed by atoms with Gasteiger partial charge in [-0.1, -0.05) is 13.3 Å². The zero-order valence-electron chi connectivity index (χ0n) is 10.3. The summed E-state index contributed by atoms with van der Waals surface area (Å²) in [7, 11) is 0. The third-order valence-electron chi connectivity index (χ3n) is 4.14. The SMILES string of the molecule is CCCC(C)NCCN1CC2CCC1C2. The minimum absolute atomic E-state index is 0.704. The zero-order valence-corrected chi connectivity index (χ0v) is 10.3. The fourth-order valence-corrected chi connectivity index (χ4v) is 3.29. The summed E-state index contributed by atoms with van der Waals surface area (Å²) in [6, 6.07) is 1.65. The molecule has 15 heavy (non-hydrogen) atoms. The summed E-state index contributed by atoms with van der Waals surface area (Å²) in [6.07, 6.45) is 7.06. The summed E-state index contributed by atoms with van der Waals surface area (Å²) in [5.41, 5.74) is 0. The molecule has 0 aromatic heterocycles. The molecule has 0 amide bonds. The Balaban J connectivity index is 1.58. The van der Waals surface area contributed by atoms with Crippen molar-refractivity contribution in [1.82, 2.24) is 10.2 Å². The molecule has 1 saturated carbocycles. The topological polar surface area (TPSA) is 15.3 Å². The summed E-state index contributed by atoms with van der Waals surface area (Å²) in [4.78, 5) is 2.71. The van der Waals surface area contributed by atoms with E-state index < -0.39 is 0 Å². The maximum atomic E-state index is 3.63. The minimum Gasteiger partial charge on any atom is -0.313 e. The highest BCUT2D eigenvalue weighted by atomic mass is 15.2. The smallest absolute Gasteiger partial charge is 0.0110 e. The second kappa shape index (κ2) is 5.31. The van der Waals surface area contributed by atoms with Gasteiger partial charge in [-0.15, -0.1) is 0 Å². The van der Waals surface area contributed by atoms with E-state index in [1.165, 1.54) is 51.7 Å². The van der Waals surface area contributed by atoms with Crippen LogP contribution in [0.25, 0.3) is 0 Å². The molecule has 2 heteroatoms. The Hall–Kier alpha value is -0.0800. The van der Waals surface area contributed by atoms with Gasteiger partial charge in [0.15, 0.2) is 0 Å². The number of piperidine rings is 1. The zero-order chi connectivity index (χ0) is 10.7. The van der Waals surface area contributed by atoms with Gasteiger partial charge in [-0.3, -0.25) is 4.90 Å². The highest BCUT2D eigenvalue weighted by Crippen LogP contribution is 2.36. The van der Waals surface area contributed by atoms with Crippen molar-refractivity contribution in [3.63, 3.8) is 0 Å². The van der Waals surface area contributed by atoms with Crippen LogP contribution in [-0.2, 0) is 0 Å². The highest BCUT2D eigenvalue weighted by Gasteiger charge is 2.36. The van der Waals surface area contributed by atoms with Crippen LogP contribution in [0, 0.1) is 5.92 Å². The van der Waals surface area contributed by atoms with Gasteiger partial charge in [-0.25, -0.2) is 0 Å². The minimum atomic E-state index is 0.704. The molecule has 2 rings (SSSR count). The van der Waals surface area contributed by atoms with E-state index in [2.05, 4.69) is 24.1 Å². The molecule has 88 valence electrons. The fraction of sp³-hybridized carbons (Fsp3) is 1.00. The number of nitrogens with one attached hydrogen (secondary N) is 1. The Labute approximate surface area is 94.4 Å². The molecule has 3 atom stereocenters. The van der Waals surface area contributed by atoms with E-state index in [0.29, 0.717) is 6.04 Å². The standard InChI is InChI=1S/C13H26N2/c1-3-4-11(2)14-7-8-15-10-12-5-6-13(15)9-12/h11-14H,3-10H2,1-2H3. The number of hydrogen-bond donors (Lipinski definition) is 1. The predicted octanol–water partition coefficient (Wildman–Crippen LogP) is 2.25. The van der Waals surface area contributed by atoms with Crippen molar-refractivity contribution in [2.75, 3.05) is 19.6 Å². The summed E-state index contributed by atoms with van der Waals surface area (Å²) < 4.78 is 0. The first kappa shape index (κ1) is 11.4. The molecular formula is C13H26N2. The normalized spacial score (nSPS) is 32.4.